The van der Waals surface area contributed by atoms with E-state index in [1.54, 1.807) is 25.3 Å². The molecule has 0 atom stereocenters. The lowest BCUT2D eigenvalue weighted by atomic mass is 10.3. The van der Waals surface area contributed by atoms with E-state index in [1.165, 1.54) is 0 Å². The van der Waals surface area contributed by atoms with Gasteiger partial charge in [0.25, 0.3) is 0 Å². The second kappa shape index (κ2) is 3.49. The van der Waals surface area contributed by atoms with Crippen molar-refractivity contribution in [2.75, 3.05) is 7.11 Å². The molecule has 0 amide bonds. The molecule has 1 aromatic carbocycles. The van der Waals surface area contributed by atoms with Crippen LogP contribution >= 0.6 is 11.6 Å². The Morgan fingerprint density at radius 2 is 2.09 bits per heavy atom. The van der Waals surface area contributed by atoms with Crippen LogP contribution in [-0.4, -0.2) is 7.11 Å². The Kier molecular flexibility index (Phi) is 2.60. The van der Waals surface area contributed by atoms with E-state index in [-0.39, 0.29) is 0 Å². The van der Waals surface area contributed by atoms with Gasteiger partial charge in [0.05, 0.1) is 7.11 Å². The number of hydrogen-bond acceptors (Lipinski definition) is 2. The normalized spacial score (nSPS) is 9.36. The molecule has 11 heavy (non-hydrogen) atoms. The Morgan fingerprint density at radius 3 is 2.64 bits per heavy atom. The predicted molar refractivity (Wildman–Crippen MR) is 44.0 cm³/mol. The van der Waals surface area contributed by atoms with Crippen molar-refractivity contribution >= 4 is 11.6 Å². The van der Waals surface area contributed by atoms with Gasteiger partial charge >= 0.3 is 0 Å². The molecule has 59 valence electrons. The Hall–Kier alpha value is -0.890. The summed E-state index contributed by atoms with van der Waals surface area (Å²) in [5.41, 5.74) is 0. The number of benzene rings is 1. The summed E-state index contributed by atoms with van der Waals surface area (Å²) in [6.45, 7) is 0. The maximum atomic E-state index is 5.69. The molecule has 0 saturated heterocycles. The molecular formula is C8H8ClO2. The third-order valence-corrected chi connectivity index (χ3v) is 1.52. The third kappa shape index (κ3) is 1.77. The van der Waals surface area contributed by atoms with Gasteiger partial charge in [0.2, 0.25) is 0 Å². The van der Waals surface area contributed by atoms with Crippen LogP contribution in [0.15, 0.2) is 18.2 Å². The fraction of sp³-hybridized carbons (Fsp3) is 0.125. The van der Waals surface area contributed by atoms with Gasteiger partial charge in [-0.1, -0.05) is 11.6 Å². The van der Waals surface area contributed by atoms with E-state index in [9.17, 15) is 0 Å². The summed E-state index contributed by atoms with van der Waals surface area (Å²) in [5, 5.41) is 0.601. The van der Waals surface area contributed by atoms with Crippen LogP contribution in [0.2, 0.25) is 5.02 Å². The highest BCUT2D eigenvalue weighted by molar-refractivity contribution is 6.30. The summed E-state index contributed by atoms with van der Waals surface area (Å²) in [6.07, 6.45) is 0. The summed E-state index contributed by atoms with van der Waals surface area (Å²) in [6, 6.07) is 5.10. The van der Waals surface area contributed by atoms with Crippen LogP contribution < -0.4 is 9.47 Å². The predicted octanol–water partition coefficient (Wildman–Crippen LogP) is 2.52. The van der Waals surface area contributed by atoms with E-state index in [4.69, 9.17) is 21.1 Å². The molecule has 0 aliphatic heterocycles. The van der Waals surface area contributed by atoms with Crippen molar-refractivity contribution < 1.29 is 9.47 Å². The molecule has 0 saturated carbocycles. The molecule has 0 aliphatic rings. The van der Waals surface area contributed by atoms with E-state index < -0.39 is 0 Å². The quantitative estimate of drug-likeness (QED) is 0.681. The van der Waals surface area contributed by atoms with Crippen LogP contribution in [0.3, 0.4) is 0 Å². The van der Waals surface area contributed by atoms with Crippen LogP contribution in [0.1, 0.15) is 0 Å². The Labute approximate surface area is 70.7 Å². The van der Waals surface area contributed by atoms with Gasteiger partial charge < -0.3 is 9.47 Å². The van der Waals surface area contributed by atoms with Gasteiger partial charge in [-0.3, -0.25) is 0 Å². The number of methoxy groups -OCH3 is 1. The molecule has 0 heterocycles. The smallest absolute Gasteiger partial charge is 0.162 e. The number of halogens is 1. The van der Waals surface area contributed by atoms with Crippen molar-refractivity contribution in [2.45, 2.75) is 0 Å². The lowest BCUT2D eigenvalue weighted by Gasteiger charge is -2.05. The largest absolute Gasteiger partial charge is 0.493 e. The van der Waals surface area contributed by atoms with Gasteiger partial charge in [-0.15, -0.1) is 0 Å². The van der Waals surface area contributed by atoms with Crippen molar-refractivity contribution in [3.05, 3.63) is 30.3 Å². The first-order chi connectivity index (χ1) is 5.27. The van der Waals surface area contributed by atoms with E-state index in [2.05, 4.69) is 7.11 Å². The zero-order valence-corrected chi connectivity index (χ0v) is 6.89. The molecule has 0 N–H and O–H groups in total. The van der Waals surface area contributed by atoms with Crippen LogP contribution in [0.25, 0.3) is 0 Å². The highest BCUT2D eigenvalue weighted by atomic mass is 35.5. The second-order valence-corrected chi connectivity index (χ2v) is 2.38. The third-order valence-electron chi connectivity index (χ3n) is 1.28. The summed E-state index contributed by atoms with van der Waals surface area (Å²) in [5.74, 6) is 1.17. The summed E-state index contributed by atoms with van der Waals surface area (Å²) < 4.78 is 9.73. The summed E-state index contributed by atoms with van der Waals surface area (Å²) in [7, 11) is 4.83. The molecule has 0 aliphatic carbocycles. The van der Waals surface area contributed by atoms with Crippen molar-refractivity contribution in [3.8, 4) is 11.5 Å². The highest BCUT2D eigenvalue weighted by Gasteiger charge is 2.01. The molecule has 0 bridgehead atoms. The summed E-state index contributed by atoms with van der Waals surface area (Å²) >= 11 is 5.69. The SMILES string of the molecule is [CH2]Oc1cc(Cl)ccc1OC. The molecule has 1 radical (unpaired) electrons. The molecular weight excluding hydrogens is 164 g/mol. The van der Waals surface area contributed by atoms with Crippen LogP contribution in [0.5, 0.6) is 11.5 Å². The molecule has 1 rings (SSSR count). The number of hydrogen-bond donors (Lipinski definition) is 0. The molecule has 0 aromatic heterocycles. The standard InChI is InChI=1S/C8H8ClO2/c1-10-7-4-3-6(9)5-8(7)11-2/h3-5H,2H2,1H3. The van der Waals surface area contributed by atoms with Gasteiger partial charge in [0.15, 0.2) is 11.5 Å². The van der Waals surface area contributed by atoms with Crippen molar-refractivity contribution in [2.24, 2.45) is 0 Å². The van der Waals surface area contributed by atoms with Crippen molar-refractivity contribution in [3.63, 3.8) is 0 Å². The molecule has 2 nitrogen and oxygen atoms in total. The lowest BCUT2D eigenvalue weighted by Crippen LogP contribution is -1.87. The second-order valence-electron chi connectivity index (χ2n) is 1.94. The van der Waals surface area contributed by atoms with Crippen LogP contribution in [-0.2, 0) is 0 Å². The molecule has 1 aromatic rings. The molecule has 0 fully saturated rings. The number of ether oxygens (including phenoxy) is 2. The first-order valence-corrected chi connectivity index (χ1v) is 3.41. The van der Waals surface area contributed by atoms with Gasteiger partial charge in [-0.2, -0.15) is 0 Å². The summed E-state index contributed by atoms with van der Waals surface area (Å²) in [4.78, 5) is 0. The maximum absolute atomic E-state index is 5.69. The van der Waals surface area contributed by atoms with Gasteiger partial charge in [-0.05, 0) is 12.1 Å². The van der Waals surface area contributed by atoms with Gasteiger partial charge in [0.1, 0.15) is 7.11 Å². The zero-order valence-electron chi connectivity index (χ0n) is 6.13. The molecule has 0 spiro atoms. The Balaban J connectivity index is 3.06. The van der Waals surface area contributed by atoms with Crippen LogP contribution in [0.4, 0.5) is 0 Å². The van der Waals surface area contributed by atoms with Gasteiger partial charge in [-0.25, -0.2) is 0 Å². The van der Waals surface area contributed by atoms with Crippen LogP contribution in [0, 0.1) is 7.11 Å². The topological polar surface area (TPSA) is 18.5 Å². The van der Waals surface area contributed by atoms with Gasteiger partial charge in [0, 0.05) is 11.1 Å². The molecule has 0 unspecified atom stereocenters. The van der Waals surface area contributed by atoms with E-state index in [0.717, 1.165) is 0 Å². The van der Waals surface area contributed by atoms with E-state index >= 15 is 0 Å². The highest BCUT2D eigenvalue weighted by Crippen LogP contribution is 2.29. The maximum Gasteiger partial charge on any atom is 0.162 e. The minimum absolute atomic E-state index is 0.542. The monoisotopic (exact) mass is 171 g/mol. The molecule has 3 heteroatoms. The minimum Gasteiger partial charge on any atom is -0.493 e. The Bertz CT molecular complexity index is 248. The zero-order chi connectivity index (χ0) is 8.27. The first-order valence-electron chi connectivity index (χ1n) is 3.03. The van der Waals surface area contributed by atoms with Crippen molar-refractivity contribution in [1.82, 2.24) is 0 Å². The average molecular weight is 172 g/mol. The fourth-order valence-corrected chi connectivity index (χ4v) is 0.925. The van der Waals surface area contributed by atoms with E-state index in [0.29, 0.717) is 16.5 Å². The van der Waals surface area contributed by atoms with E-state index in [1.807, 2.05) is 0 Å². The average Bonchev–Trinajstić information content (AvgIpc) is 2.04. The Morgan fingerprint density at radius 1 is 1.36 bits per heavy atom. The number of rotatable bonds is 2. The minimum atomic E-state index is 0.542. The lowest BCUT2D eigenvalue weighted by molar-refractivity contribution is 0.376. The van der Waals surface area contributed by atoms with Crippen molar-refractivity contribution in [1.29, 1.82) is 0 Å². The fourth-order valence-electron chi connectivity index (χ4n) is 0.763. The first kappa shape index (κ1) is 8.21.